The molecule has 1 rings (SSSR count). The van der Waals surface area contributed by atoms with Crippen LogP contribution >= 0.6 is 0 Å². The quantitative estimate of drug-likeness (QED) is 0.555. The molecule has 0 aliphatic carbocycles. The first-order valence-corrected chi connectivity index (χ1v) is 3.38. The Hall–Kier alpha value is -0.248. The van der Waals surface area contributed by atoms with Crippen molar-refractivity contribution in [3.63, 3.8) is 0 Å². The van der Waals surface area contributed by atoms with Gasteiger partial charge in [-0.1, -0.05) is 37.6 Å². The minimum atomic E-state index is 0. The molecule has 1 aromatic carbocycles. The summed E-state index contributed by atoms with van der Waals surface area (Å²) in [5.74, 6) is 0. The third-order valence-corrected chi connectivity index (χ3v) is 1.33. The molecular weight excluding hydrogens is 135 g/mol. The second-order valence-electron chi connectivity index (χ2n) is 2.16. The lowest BCUT2D eigenvalue weighted by atomic mass is 10.1. The summed E-state index contributed by atoms with van der Waals surface area (Å²) in [7, 11) is 0. The highest BCUT2D eigenvalue weighted by Gasteiger charge is 1.84. The zero-order chi connectivity index (χ0) is 6.53. The van der Waals surface area contributed by atoms with Crippen LogP contribution in [0.25, 0.3) is 0 Å². The molecule has 0 saturated carbocycles. The van der Waals surface area contributed by atoms with Gasteiger partial charge in [-0.25, -0.2) is 0 Å². The molecule has 0 heterocycles. The standard InChI is InChI=1S/C9H11.Al.3H/c1-2-6-9-7-4-3-5-8-9;;;;/h4-5,7-8H,2,6H2,1H3;;;;. The molecule has 1 heteroatoms. The van der Waals surface area contributed by atoms with Gasteiger partial charge in [-0.2, -0.15) is 0 Å². The second kappa shape index (κ2) is 5.53. The van der Waals surface area contributed by atoms with Crippen molar-refractivity contribution in [3.8, 4) is 0 Å². The van der Waals surface area contributed by atoms with E-state index in [1.54, 1.807) is 0 Å². The lowest BCUT2D eigenvalue weighted by Gasteiger charge is -1.93. The number of hydrogen-bond donors (Lipinski definition) is 0. The van der Waals surface area contributed by atoms with Gasteiger partial charge in [-0.3, -0.25) is 0 Å². The maximum atomic E-state index is 2.99. The smallest absolute Gasteiger partial charge is 0.0651 e. The van der Waals surface area contributed by atoms with Gasteiger partial charge in [0.25, 0.3) is 0 Å². The number of hydrogen-bond acceptors (Lipinski definition) is 0. The fraction of sp³-hybridized carbons (Fsp3) is 0.333. The van der Waals surface area contributed by atoms with Gasteiger partial charge in [-0.15, -0.1) is 0 Å². The van der Waals surface area contributed by atoms with Gasteiger partial charge in [-0.05, 0) is 18.1 Å². The van der Waals surface area contributed by atoms with Crippen LogP contribution in [-0.2, 0) is 6.42 Å². The first kappa shape index (κ1) is 9.75. The van der Waals surface area contributed by atoms with Crippen molar-refractivity contribution in [2.45, 2.75) is 19.8 Å². The molecule has 0 atom stereocenters. The zero-order valence-corrected chi connectivity index (χ0v) is 5.72. The van der Waals surface area contributed by atoms with Crippen molar-refractivity contribution < 1.29 is 0 Å². The molecule has 0 N–H and O–H groups in total. The lowest BCUT2D eigenvalue weighted by molar-refractivity contribution is 0.922. The van der Waals surface area contributed by atoms with Gasteiger partial charge in [0.15, 0.2) is 17.4 Å². The molecule has 0 saturated heterocycles. The van der Waals surface area contributed by atoms with E-state index in [-0.39, 0.29) is 17.4 Å². The highest BCUT2D eigenvalue weighted by Crippen LogP contribution is 2.00. The Morgan fingerprint density at radius 1 is 1.30 bits per heavy atom. The maximum absolute atomic E-state index is 2.99. The van der Waals surface area contributed by atoms with E-state index in [9.17, 15) is 0 Å². The predicted molar refractivity (Wildman–Crippen MR) is 49.2 cm³/mol. The molecule has 53 valence electrons. The molecule has 0 aliphatic heterocycles. The Bertz CT molecular complexity index is 158. The molecular formula is C9H14Al. The number of benzene rings is 1. The molecule has 0 aliphatic rings. The average molecular weight is 149 g/mol. The summed E-state index contributed by atoms with van der Waals surface area (Å²) in [5.41, 5.74) is 1.41. The van der Waals surface area contributed by atoms with Crippen LogP contribution in [0.4, 0.5) is 0 Å². The van der Waals surface area contributed by atoms with E-state index in [2.05, 4.69) is 25.1 Å². The minimum absolute atomic E-state index is 0. The van der Waals surface area contributed by atoms with Gasteiger partial charge in [0.2, 0.25) is 0 Å². The summed E-state index contributed by atoms with van der Waals surface area (Å²) in [6.07, 6.45) is 2.42. The second-order valence-corrected chi connectivity index (χ2v) is 2.16. The van der Waals surface area contributed by atoms with Gasteiger partial charge >= 0.3 is 0 Å². The third-order valence-electron chi connectivity index (χ3n) is 1.33. The van der Waals surface area contributed by atoms with Crippen molar-refractivity contribution in [1.82, 2.24) is 0 Å². The summed E-state index contributed by atoms with van der Waals surface area (Å²) in [4.78, 5) is 0. The number of aryl methyl sites for hydroxylation is 1. The van der Waals surface area contributed by atoms with E-state index in [0.717, 1.165) is 0 Å². The van der Waals surface area contributed by atoms with Crippen LogP contribution in [-0.4, -0.2) is 17.4 Å². The van der Waals surface area contributed by atoms with Crippen molar-refractivity contribution in [1.29, 1.82) is 0 Å². The maximum Gasteiger partial charge on any atom is 0.187 e. The average Bonchev–Trinajstić information content (AvgIpc) is 1.91. The van der Waals surface area contributed by atoms with Gasteiger partial charge < -0.3 is 0 Å². The first-order valence-electron chi connectivity index (χ1n) is 3.38. The Morgan fingerprint density at radius 2 is 1.90 bits per heavy atom. The van der Waals surface area contributed by atoms with Crippen molar-refractivity contribution in [2.75, 3.05) is 0 Å². The highest BCUT2D eigenvalue weighted by atomic mass is 27.0. The summed E-state index contributed by atoms with van der Waals surface area (Å²) in [5, 5.41) is 0. The monoisotopic (exact) mass is 149 g/mol. The molecule has 0 nitrogen and oxygen atoms in total. The van der Waals surface area contributed by atoms with Crippen molar-refractivity contribution in [2.24, 2.45) is 0 Å². The summed E-state index contributed by atoms with van der Waals surface area (Å²) in [6, 6.07) is 11.1. The molecule has 10 heavy (non-hydrogen) atoms. The minimum Gasteiger partial charge on any atom is -0.0651 e. The van der Waals surface area contributed by atoms with Gasteiger partial charge in [0, 0.05) is 0 Å². The van der Waals surface area contributed by atoms with E-state index in [4.69, 9.17) is 0 Å². The summed E-state index contributed by atoms with van der Waals surface area (Å²) in [6.45, 7) is 2.19. The molecule has 0 spiro atoms. The predicted octanol–water partition coefficient (Wildman–Crippen LogP) is 1.26. The van der Waals surface area contributed by atoms with Crippen molar-refractivity contribution in [3.05, 3.63) is 35.9 Å². The van der Waals surface area contributed by atoms with Crippen LogP contribution in [0.1, 0.15) is 18.9 Å². The van der Waals surface area contributed by atoms with Crippen LogP contribution in [0.3, 0.4) is 0 Å². The molecule has 0 bridgehead atoms. The SMILES string of the molecule is CCCc1cc[c]cc1.[AlH3]. The van der Waals surface area contributed by atoms with Crippen LogP contribution in [0.15, 0.2) is 24.3 Å². The largest absolute Gasteiger partial charge is 0.187 e. The Labute approximate surface area is 73.4 Å². The molecule has 0 aromatic heterocycles. The van der Waals surface area contributed by atoms with Crippen LogP contribution < -0.4 is 0 Å². The van der Waals surface area contributed by atoms with Gasteiger partial charge in [0.05, 0.1) is 0 Å². The summed E-state index contributed by atoms with van der Waals surface area (Å²) >= 11 is 0. The van der Waals surface area contributed by atoms with E-state index >= 15 is 0 Å². The van der Waals surface area contributed by atoms with Crippen molar-refractivity contribution >= 4 is 17.4 Å². The number of rotatable bonds is 2. The molecule has 0 amide bonds. The Kier molecular flexibility index (Phi) is 5.39. The fourth-order valence-corrected chi connectivity index (χ4v) is 0.877. The Morgan fingerprint density at radius 3 is 2.40 bits per heavy atom. The van der Waals surface area contributed by atoms with E-state index in [1.807, 2.05) is 12.1 Å². The van der Waals surface area contributed by atoms with Crippen LogP contribution in [0.5, 0.6) is 0 Å². The normalized spacial score (nSPS) is 8.50. The molecule has 0 unspecified atom stereocenters. The van der Waals surface area contributed by atoms with Gasteiger partial charge in [0.1, 0.15) is 0 Å². The fourth-order valence-electron chi connectivity index (χ4n) is 0.877. The van der Waals surface area contributed by atoms with Crippen LogP contribution in [0.2, 0.25) is 0 Å². The molecule has 1 radical (unpaired) electrons. The summed E-state index contributed by atoms with van der Waals surface area (Å²) < 4.78 is 0. The first-order chi connectivity index (χ1) is 4.43. The molecule has 1 aromatic rings. The highest BCUT2D eigenvalue weighted by molar-refractivity contribution is 5.75. The van der Waals surface area contributed by atoms with E-state index in [0.29, 0.717) is 0 Å². The van der Waals surface area contributed by atoms with Crippen LogP contribution in [0, 0.1) is 6.07 Å². The zero-order valence-electron chi connectivity index (χ0n) is 5.72. The Balaban J connectivity index is 0.000000810. The molecule has 0 fully saturated rings. The van der Waals surface area contributed by atoms with E-state index < -0.39 is 0 Å². The lowest BCUT2D eigenvalue weighted by Crippen LogP contribution is -1.79. The topological polar surface area (TPSA) is 0 Å². The van der Waals surface area contributed by atoms with E-state index in [1.165, 1.54) is 18.4 Å². The third kappa shape index (κ3) is 3.06.